The molecule has 0 saturated heterocycles. The molecule has 0 radical (unpaired) electrons. The fourth-order valence-corrected chi connectivity index (χ4v) is 5.99. The van der Waals surface area contributed by atoms with E-state index in [1.165, 1.54) is 12.1 Å². The Morgan fingerprint density at radius 2 is 1.44 bits per heavy atom. The van der Waals surface area contributed by atoms with Gasteiger partial charge >= 0.3 is 5.97 Å². The van der Waals surface area contributed by atoms with Crippen molar-refractivity contribution in [1.82, 2.24) is 15.4 Å². The van der Waals surface area contributed by atoms with Crippen LogP contribution in [0.15, 0.2) is 72.8 Å². The molecule has 3 rings (SSSR count). The molecule has 0 spiro atoms. The number of phenolic OH excluding ortho intramolecular Hbond substituents is 1. The van der Waals surface area contributed by atoms with E-state index < -0.39 is 51.2 Å². The third kappa shape index (κ3) is 13.0. The molecule has 2 atom stereocenters. The minimum absolute atomic E-state index is 0.0283. The van der Waals surface area contributed by atoms with Crippen LogP contribution in [0.4, 0.5) is 5.69 Å². The monoisotopic (exact) mass is 680 g/mol. The zero-order valence-corrected chi connectivity index (χ0v) is 28.1. The van der Waals surface area contributed by atoms with Crippen LogP contribution in [0.25, 0.3) is 0 Å². The van der Waals surface area contributed by atoms with Gasteiger partial charge < -0.3 is 31.9 Å². The van der Waals surface area contributed by atoms with Crippen LogP contribution in [-0.2, 0) is 47.9 Å². The van der Waals surface area contributed by atoms with E-state index in [1.807, 2.05) is 0 Å². The molecule has 0 aliphatic heterocycles. The number of esters is 1. The number of anilines is 1. The summed E-state index contributed by atoms with van der Waals surface area (Å²) in [5, 5.41) is 22.6. The van der Waals surface area contributed by atoms with E-state index >= 15 is 0 Å². The number of carbonyl (C=O) groups excluding carboxylic acids is 3. The average Bonchev–Trinajstić information content (AvgIpc) is 3.01. The van der Waals surface area contributed by atoms with Crippen molar-refractivity contribution in [2.24, 2.45) is 5.73 Å². The Bertz CT molecular complexity index is 1670. The van der Waals surface area contributed by atoms with Crippen molar-refractivity contribution in [3.8, 4) is 5.75 Å². The van der Waals surface area contributed by atoms with Gasteiger partial charge in [0, 0.05) is 24.2 Å². The van der Waals surface area contributed by atoms with Gasteiger partial charge in [-0.05, 0) is 81.0 Å². The number of hydrogen-bond donors (Lipinski definition) is 7. The molecule has 3 aromatic rings. The fourth-order valence-electron chi connectivity index (χ4n) is 4.62. The summed E-state index contributed by atoms with van der Waals surface area (Å²) in [4.78, 5) is 39.7. The summed E-state index contributed by atoms with van der Waals surface area (Å²) in [5.41, 5.74) is 13.4. The summed E-state index contributed by atoms with van der Waals surface area (Å²) >= 11 is 0. The summed E-state index contributed by atoms with van der Waals surface area (Å²) < 4.78 is 34.3. The zero-order valence-electron chi connectivity index (χ0n) is 27.3. The molecule has 0 aliphatic rings. The first-order chi connectivity index (χ1) is 22.5. The van der Waals surface area contributed by atoms with E-state index in [2.05, 4.69) is 15.4 Å². The molecule has 9 N–H and O–H groups in total. The molecule has 0 heterocycles. The lowest BCUT2D eigenvalue weighted by atomic mass is 10.0. The van der Waals surface area contributed by atoms with E-state index in [1.54, 1.807) is 81.4 Å². The third-order valence-electron chi connectivity index (χ3n) is 7.05. The average molecular weight is 681 g/mol. The number of amidine groups is 1. The van der Waals surface area contributed by atoms with Crippen molar-refractivity contribution < 1.29 is 32.6 Å². The van der Waals surface area contributed by atoms with Crippen molar-refractivity contribution in [2.75, 3.05) is 5.73 Å². The Kier molecular flexibility index (Phi) is 13.1. The van der Waals surface area contributed by atoms with Crippen LogP contribution in [0.1, 0.15) is 62.3 Å². The molecule has 3 aromatic carbocycles. The van der Waals surface area contributed by atoms with Gasteiger partial charge in [-0.25, -0.2) is 13.1 Å². The maximum absolute atomic E-state index is 13.7. The van der Waals surface area contributed by atoms with Crippen LogP contribution in [0.5, 0.6) is 5.75 Å². The van der Waals surface area contributed by atoms with Crippen molar-refractivity contribution in [3.05, 3.63) is 95.1 Å². The van der Waals surface area contributed by atoms with Gasteiger partial charge in [-0.15, -0.1) is 0 Å². The van der Waals surface area contributed by atoms with E-state index in [0.717, 1.165) is 5.56 Å². The summed E-state index contributed by atoms with van der Waals surface area (Å²) in [6, 6.07) is 16.8. The SMILES string of the molecule is CC(C)(C)OC(=O)CC[C@H](NC(=O)[C@@H](CCc1ccc(O)cc1)NS(=O)(=O)Cc1ccc(N)cc1)C(=O)NCc1ccc(C(=N)N)cc1. The number of aryl methyl sites for hydroxylation is 1. The Balaban J connectivity index is 1.80. The van der Waals surface area contributed by atoms with Crippen molar-refractivity contribution >= 4 is 39.3 Å². The number of phenols is 1. The third-order valence-corrected chi connectivity index (χ3v) is 8.41. The fraction of sp³-hybridized carbons (Fsp3) is 0.353. The standard InChI is InChI=1S/C34H44N6O7S/c1-34(2,3)47-30(42)19-18-28(32(43)38-20-23-4-11-25(12-5-23)31(36)37)39-33(44)29(17-10-22-8-15-27(41)16-9-22)40-48(45,46)21-24-6-13-26(35)14-7-24/h4-9,11-16,28-29,40-41H,10,17-21,35H2,1-3H3,(H3,36,37)(H,38,43)(H,39,44)/t28-,29+/m0/s1. The van der Waals surface area contributed by atoms with E-state index in [-0.39, 0.29) is 43.8 Å². The number of nitrogen functional groups attached to an aromatic ring is 2. The van der Waals surface area contributed by atoms with Gasteiger partial charge in [0.15, 0.2) is 0 Å². The normalized spacial score (nSPS) is 12.8. The Morgan fingerprint density at radius 3 is 2.02 bits per heavy atom. The predicted molar refractivity (Wildman–Crippen MR) is 183 cm³/mol. The molecule has 0 saturated carbocycles. The number of aromatic hydroxyl groups is 1. The van der Waals surface area contributed by atoms with Crippen LogP contribution >= 0.6 is 0 Å². The van der Waals surface area contributed by atoms with Gasteiger partial charge in [0.1, 0.15) is 29.3 Å². The van der Waals surface area contributed by atoms with Gasteiger partial charge in [0.25, 0.3) is 0 Å². The maximum atomic E-state index is 13.7. The van der Waals surface area contributed by atoms with Gasteiger partial charge in [-0.2, -0.15) is 0 Å². The number of nitrogens with one attached hydrogen (secondary N) is 4. The summed E-state index contributed by atoms with van der Waals surface area (Å²) in [5.74, 6) is -2.37. The lowest BCUT2D eigenvalue weighted by molar-refractivity contribution is -0.155. The molecule has 258 valence electrons. The van der Waals surface area contributed by atoms with E-state index in [9.17, 15) is 27.9 Å². The molecule has 0 unspecified atom stereocenters. The minimum atomic E-state index is -4.05. The molecule has 2 amide bonds. The van der Waals surface area contributed by atoms with Crippen LogP contribution in [0.3, 0.4) is 0 Å². The first kappa shape index (κ1) is 37.5. The molecule has 14 heteroatoms. The van der Waals surface area contributed by atoms with Crippen LogP contribution < -0.4 is 26.8 Å². The van der Waals surface area contributed by atoms with Crippen LogP contribution in [0, 0.1) is 5.41 Å². The Morgan fingerprint density at radius 1 is 0.854 bits per heavy atom. The molecule has 0 bridgehead atoms. The number of nitrogens with two attached hydrogens (primary N) is 2. The lowest BCUT2D eigenvalue weighted by Gasteiger charge is -2.24. The molecule has 48 heavy (non-hydrogen) atoms. The Hall–Kier alpha value is -4.95. The second kappa shape index (κ2) is 16.7. The lowest BCUT2D eigenvalue weighted by Crippen LogP contribution is -2.54. The highest BCUT2D eigenvalue weighted by atomic mass is 32.2. The number of carbonyl (C=O) groups is 3. The number of sulfonamides is 1. The van der Waals surface area contributed by atoms with Crippen LogP contribution in [0.2, 0.25) is 0 Å². The van der Waals surface area contributed by atoms with Crippen molar-refractivity contribution in [3.63, 3.8) is 0 Å². The molecule has 0 aromatic heterocycles. The van der Waals surface area contributed by atoms with Gasteiger partial charge in [-0.1, -0.05) is 48.5 Å². The maximum Gasteiger partial charge on any atom is 0.306 e. The number of rotatable bonds is 16. The molecule has 0 fully saturated rings. The largest absolute Gasteiger partial charge is 0.508 e. The molecular formula is C34H44N6O7S. The van der Waals surface area contributed by atoms with Gasteiger partial charge in [0.05, 0.1) is 5.75 Å². The molecule has 13 nitrogen and oxygen atoms in total. The highest BCUT2D eigenvalue weighted by Crippen LogP contribution is 2.15. The predicted octanol–water partition coefficient (Wildman–Crippen LogP) is 2.60. The number of ether oxygens (including phenoxy) is 1. The molecular weight excluding hydrogens is 636 g/mol. The van der Waals surface area contributed by atoms with E-state index in [0.29, 0.717) is 22.4 Å². The van der Waals surface area contributed by atoms with Gasteiger partial charge in [0.2, 0.25) is 21.8 Å². The highest BCUT2D eigenvalue weighted by molar-refractivity contribution is 7.88. The first-order valence-electron chi connectivity index (χ1n) is 15.4. The minimum Gasteiger partial charge on any atom is -0.508 e. The van der Waals surface area contributed by atoms with Crippen molar-refractivity contribution in [2.45, 2.75) is 76.4 Å². The van der Waals surface area contributed by atoms with Gasteiger partial charge in [-0.3, -0.25) is 19.8 Å². The quantitative estimate of drug-likeness (QED) is 0.0510. The Labute approximate surface area is 281 Å². The summed E-state index contributed by atoms with van der Waals surface area (Å²) in [6.07, 6.45) is -0.00309. The smallest absolute Gasteiger partial charge is 0.306 e. The second-order valence-electron chi connectivity index (χ2n) is 12.4. The summed E-state index contributed by atoms with van der Waals surface area (Å²) in [6.45, 7) is 5.21. The van der Waals surface area contributed by atoms with Crippen molar-refractivity contribution in [1.29, 1.82) is 5.41 Å². The van der Waals surface area contributed by atoms with Crippen LogP contribution in [-0.4, -0.2) is 54.8 Å². The van der Waals surface area contributed by atoms with E-state index in [4.69, 9.17) is 21.6 Å². The topological polar surface area (TPSA) is 227 Å². The highest BCUT2D eigenvalue weighted by Gasteiger charge is 2.30. The number of amides is 2. The molecule has 0 aliphatic carbocycles. The first-order valence-corrected chi connectivity index (χ1v) is 17.0. The second-order valence-corrected chi connectivity index (χ2v) is 14.1. The number of benzene rings is 3. The number of hydrogen-bond acceptors (Lipinski definition) is 9. The zero-order chi connectivity index (χ0) is 35.5. The summed E-state index contributed by atoms with van der Waals surface area (Å²) in [7, 11) is -4.05.